The maximum absolute atomic E-state index is 10.1. The van der Waals surface area contributed by atoms with Gasteiger partial charge in [0.2, 0.25) is 5.52 Å². The largest absolute Gasteiger partial charge is 0.307 e. The summed E-state index contributed by atoms with van der Waals surface area (Å²) in [5.41, 5.74) is 8.26. The summed E-state index contributed by atoms with van der Waals surface area (Å²) in [4.78, 5) is 0. The van der Waals surface area contributed by atoms with Crippen LogP contribution >= 0.6 is 0 Å². The van der Waals surface area contributed by atoms with Crippen molar-refractivity contribution >= 4 is 49.0 Å². The molecule has 7 rings (SSSR count). The van der Waals surface area contributed by atoms with E-state index in [0.29, 0.717) is 0 Å². The fourth-order valence-corrected chi connectivity index (χ4v) is 6.62. The van der Waals surface area contributed by atoms with Crippen molar-refractivity contribution in [2.45, 2.75) is 39.0 Å². The van der Waals surface area contributed by atoms with E-state index in [1.54, 1.807) is 0 Å². The molecular weight excluding hydrogens is 402 g/mol. The highest BCUT2D eigenvalue weighted by atomic mass is 15.0. The Hall–Kier alpha value is -3.64. The van der Waals surface area contributed by atoms with E-state index in [-0.39, 0.29) is 0 Å². The molecule has 0 N–H and O–H groups in total. The van der Waals surface area contributed by atoms with E-state index in [2.05, 4.69) is 83.7 Å². The monoisotopic (exact) mass is 428 g/mol. The summed E-state index contributed by atoms with van der Waals surface area (Å²) >= 11 is 0. The molecule has 1 aliphatic carbocycles. The first-order valence-electron chi connectivity index (χ1n) is 12.1. The summed E-state index contributed by atoms with van der Waals surface area (Å²) in [7, 11) is 2.15. The Bertz CT molecular complexity index is 1770. The highest BCUT2D eigenvalue weighted by molar-refractivity contribution is 6.26. The van der Waals surface area contributed by atoms with Gasteiger partial charge in [0.25, 0.3) is 0 Å². The average Bonchev–Trinajstić information content (AvgIpc) is 3.45. The first kappa shape index (κ1) is 18.9. The lowest BCUT2D eigenvalue weighted by Gasteiger charge is -2.16. The Morgan fingerprint density at radius 3 is 2.64 bits per heavy atom. The van der Waals surface area contributed by atoms with Gasteiger partial charge in [0.05, 0.1) is 39.0 Å². The number of aromatic nitrogens is 2. The van der Waals surface area contributed by atoms with Crippen molar-refractivity contribution in [1.29, 1.82) is 5.26 Å². The normalized spacial score (nSPS) is 15.1. The number of rotatable bonds is 2. The van der Waals surface area contributed by atoms with Gasteiger partial charge < -0.3 is 4.40 Å². The van der Waals surface area contributed by atoms with Crippen LogP contribution in [0.4, 0.5) is 0 Å². The van der Waals surface area contributed by atoms with E-state index < -0.39 is 0 Å². The number of hydrogen-bond donors (Lipinski definition) is 0. The van der Waals surface area contributed by atoms with Crippen LogP contribution in [0, 0.1) is 24.2 Å². The SMILES string of the molecule is Cc1cc(C#N)c2c3ccccc3n3c4cc(CC5CCCC5)cc5cc[n+](C)c(c1c23)c54. The number of fused-ring (bicyclic) bond motifs is 5. The van der Waals surface area contributed by atoms with Crippen LogP contribution in [0.25, 0.3) is 49.0 Å². The molecule has 0 amide bonds. The minimum atomic E-state index is 0.765. The Kier molecular flexibility index (Phi) is 3.82. The molecule has 3 heteroatoms. The van der Waals surface area contributed by atoms with Crippen LogP contribution in [0.2, 0.25) is 0 Å². The molecule has 33 heavy (non-hydrogen) atoms. The van der Waals surface area contributed by atoms with Gasteiger partial charge in [-0.2, -0.15) is 5.26 Å². The van der Waals surface area contributed by atoms with Crippen LogP contribution in [-0.4, -0.2) is 4.40 Å². The van der Waals surface area contributed by atoms with E-state index in [1.807, 2.05) is 0 Å². The van der Waals surface area contributed by atoms with E-state index in [9.17, 15) is 5.26 Å². The molecule has 3 aromatic heterocycles. The number of hydrogen-bond acceptors (Lipinski definition) is 1. The second-order valence-corrected chi connectivity index (χ2v) is 10.0. The zero-order valence-corrected chi connectivity index (χ0v) is 19.2. The molecule has 1 aliphatic rings. The number of pyridine rings is 2. The van der Waals surface area contributed by atoms with Crippen molar-refractivity contribution in [2.75, 3.05) is 0 Å². The zero-order chi connectivity index (χ0) is 22.3. The lowest BCUT2D eigenvalue weighted by molar-refractivity contribution is -0.643. The van der Waals surface area contributed by atoms with Gasteiger partial charge >= 0.3 is 0 Å². The third kappa shape index (κ3) is 2.47. The molecule has 0 radical (unpaired) electrons. The summed E-state index contributed by atoms with van der Waals surface area (Å²) in [6.07, 6.45) is 8.81. The standard InChI is InChI=1S/C30H26N3/c1-18-13-22(17-31)27-23-9-5-6-10-24(23)33-25-16-20(14-19-7-3-4-8-19)15-21-11-12-32(2)29(28(21)25)26(18)30(27)33/h5-6,9-13,15-16,19H,3-4,7-8,14H2,1-2H3/q+1. The average molecular weight is 429 g/mol. The Morgan fingerprint density at radius 2 is 1.82 bits per heavy atom. The molecule has 3 aromatic carbocycles. The number of nitriles is 1. The van der Waals surface area contributed by atoms with Gasteiger partial charge in [-0.05, 0) is 54.0 Å². The summed E-state index contributed by atoms with van der Waals surface area (Å²) in [6, 6.07) is 20.3. The number of benzene rings is 3. The smallest absolute Gasteiger partial charge is 0.224 e. The van der Waals surface area contributed by atoms with Crippen LogP contribution in [0.5, 0.6) is 0 Å². The van der Waals surface area contributed by atoms with Gasteiger partial charge in [-0.25, -0.2) is 4.57 Å². The molecule has 3 nitrogen and oxygen atoms in total. The molecule has 0 bridgehead atoms. The molecular formula is C30H26N3+. The van der Waals surface area contributed by atoms with Gasteiger partial charge in [-0.1, -0.05) is 49.9 Å². The van der Waals surface area contributed by atoms with Crippen molar-refractivity contribution in [3.8, 4) is 6.07 Å². The lowest BCUT2D eigenvalue weighted by atomic mass is 9.93. The van der Waals surface area contributed by atoms with Crippen LogP contribution in [0.1, 0.15) is 42.4 Å². The summed E-state index contributed by atoms with van der Waals surface area (Å²) in [5.74, 6) is 0.804. The van der Waals surface area contributed by atoms with Gasteiger partial charge in [-0.3, -0.25) is 0 Å². The van der Waals surface area contributed by atoms with Crippen molar-refractivity contribution in [2.24, 2.45) is 13.0 Å². The minimum absolute atomic E-state index is 0.765. The number of aryl methyl sites for hydroxylation is 2. The van der Waals surface area contributed by atoms with Crippen molar-refractivity contribution in [3.05, 3.63) is 71.4 Å². The van der Waals surface area contributed by atoms with Crippen molar-refractivity contribution in [1.82, 2.24) is 4.40 Å². The molecule has 0 spiro atoms. The highest BCUT2D eigenvalue weighted by Crippen LogP contribution is 2.42. The molecule has 0 saturated heterocycles. The van der Waals surface area contributed by atoms with Crippen molar-refractivity contribution in [3.63, 3.8) is 0 Å². The van der Waals surface area contributed by atoms with E-state index in [1.165, 1.54) is 69.5 Å². The summed E-state index contributed by atoms with van der Waals surface area (Å²) in [6.45, 7) is 2.15. The summed E-state index contributed by atoms with van der Waals surface area (Å²) < 4.78 is 4.71. The fraction of sp³-hybridized carbons (Fsp3) is 0.267. The highest BCUT2D eigenvalue weighted by Gasteiger charge is 2.26. The zero-order valence-electron chi connectivity index (χ0n) is 19.2. The first-order valence-corrected chi connectivity index (χ1v) is 12.1. The second kappa shape index (κ2) is 6.68. The molecule has 1 fully saturated rings. The van der Waals surface area contributed by atoms with E-state index in [0.717, 1.165) is 34.2 Å². The van der Waals surface area contributed by atoms with Crippen LogP contribution in [0.3, 0.4) is 0 Å². The topological polar surface area (TPSA) is 32.1 Å². The maximum Gasteiger partial charge on any atom is 0.224 e. The quantitative estimate of drug-likeness (QED) is 0.171. The number of nitrogens with zero attached hydrogens (tertiary/aromatic N) is 3. The Labute approximate surface area is 192 Å². The van der Waals surface area contributed by atoms with Gasteiger partial charge in [0.1, 0.15) is 7.05 Å². The second-order valence-electron chi connectivity index (χ2n) is 10.0. The Morgan fingerprint density at radius 1 is 1.00 bits per heavy atom. The van der Waals surface area contributed by atoms with Crippen molar-refractivity contribution < 1.29 is 4.57 Å². The molecule has 160 valence electrons. The third-order valence-corrected chi connectivity index (χ3v) is 8.01. The van der Waals surface area contributed by atoms with Crippen LogP contribution in [0.15, 0.2) is 54.7 Å². The molecule has 1 saturated carbocycles. The fourth-order valence-electron chi connectivity index (χ4n) is 6.62. The first-order chi connectivity index (χ1) is 16.2. The van der Waals surface area contributed by atoms with Crippen LogP contribution < -0.4 is 4.57 Å². The Balaban J connectivity index is 1.76. The van der Waals surface area contributed by atoms with E-state index in [4.69, 9.17) is 0 Å². The predicted octanol–water partition coefficient (Wildman–Crippen LogP) is 6.73. The third-order valence-electron chi connectivity index (χ3n) is 8.01. The maximum atomic E-state index is 10.1. The molecule has 6 aromatic rings. The van der Waals surface area contributed by atoms with Gasteiger partial charge in [-0.15, -0.1) is 0 Å². The van der Waals surface area contributed by atoms with Crippen LogP contribution in [-0.2, 0) is 13.5 Å². The van der Waals surface area contributed by atoms with Gasteiger partial charge in [0.15, 0.2) is 6.20 Å². The molecule has 0 aliphatic heterocycles. The summed E-state index contributed by atoms with van der Waals surface area (Å²) in [5, 5.41) is 16.2. The van der Waals surface area contributed by atoms with Gasteiger partial charge in [0, 0.05) is 16.8 Å². The number of para-hydroxylation sites is 1. The molecule has 0 atom stereocenters. The molecule has 3 heterocycles. The molecule has 0 unspecified atom stereocenters. The lowest BCUT2D eigenvalue weighted by Crippen LogP contribution is -2.29. The minimum Gasteiger partial charge on any atom is -0.307 e. The predicted molar refractivity (Wildman–Crippen MR) is 135 cm³/mol. The van der Waals surface area contributed by atoms with E-state index >= 15 is 0 Å².